The van der Waals surface area contributed by atoms with Crippen molar-refractivity contribution < 1.29 is 9.53 Å². The number of amides is 1. The molecule has 0 saturated carbocycles. The molecule has 132 valence electrons. The number of benzene rings is 2. The summed E-state index contributed by atoms with van der Waals surface area (Å²) in [4.78, 5) is 14.8. The first-order valence-electron chi connectivity index (χ1n) is 8.74. The molecule has 0 radical (unpaired) electrons. The molecule has 1 fully saturated rings. The van der Waals surface area contributed by atoms with Gasteiger partial charge in [-0.3, -0.25) is 4.79 Å². The number of carbonyl (C=O) groups excluding carboxylic acids is 1. The predicted molar refractivity (Wildman–Crippen MR) is 103 cm³/mol. The Morgan fingerprint density at radius 2 is 1.76 bits per heavy atom. The van der Waals surface area contributed by atoms with Gasteiger partial charge in [0.05, 0.1) is 0 Å². The second-order valence-electron chi connectivity index (χ2n) is 6.20. The van der Waals surface area contributed by atoms with Gasteiger partial charge in [0.2, 0.25) is 0 Å². The second-order valence-corrected chi connectivity index (χ2v) is 6.64. The van der Waals surface area contributed by atoms with Crippen molar-refractivity contribution in [2.45, 2.75) is 32.3 Å². The van der Waals surface area contributed by atoms with Gasteiger partial charge in [-0.25, -0.2) is 0 Å². The molecule has 1 aliphatic heterocycles. The van der Waals surface area contributed by atoms with Crippen LogP contribution in [0.15, 0.2) is 48.5 Å². The molecule has 1 atom stereocenters. The maximum atomic E-state index is 12.5. The van der Waals surface area contributed by atoms with Gasteiger partial charge in [-0.1, -0.05) is 18.5 Å². The molecule has 1 unspecified atom stereocenters. The fourth-order valence-corrected chi connectivity index (χ4v) is 3.08. The van der Waals surface area contributed by atoms with Crippen LogP contribution in [0, 0.1) is 0 Å². The molecular formula is C20H23ClN2O2. The molecule has 3 rings (SSSR count). The Kier molecular flexibility index (Phi) is 5.82. The zero-order chi connectivity index (χ0) is 17.6. The van der Waals surface area contributed by atoms with Crippen molar-refractivity contribution in [3.63, 3.8) is 0 Å². The fourth-order valence-electron chi connectivity index (χ4n) is 2.95. The molecule has 2 aromatic carbocycles. The minimum Gasteiger partial charge on any atom is -0.481 e. The summed E-state index contributed by atoms with van der Waals surface area (Å²) in [6, 6.07) is 15.0. The number of rotatable bonds is 6. The molecule has 1 N–H and O–H groups in total. The van der Waals surface area contributed by atoms with Crippen LogP contribution in [-0.4, -0.2) is 25.1 Å². The third-order valence-corrected chi connectivity index (χ3v) is 4.61. The van der Waals surface area contributed by atoms with Crippen molar-refractivity contribution in [3.05, 3.63) is 53.6 Å². The molecule has 1 amide bonds. The van der Waals surface area contributed by atoms with E-state index in [1.807, 2.05) is 19.1 Å². The molecule has 1 saturated heterocycles. The molecule has 0 aromatic heterocycles. The third-order valence-electron chi connectivity index (χ3n) is 4.36. The largest absolute Gasteiger partial charge is 0.481 e. The van der Waals surface area contributed by atoms with E-state index < -0.39 is 6.10 Å². The number of ether oxygens (including phenoxy) is 1. The summed E-state index contributed by atoms with van der Waals surface area (Å²) < 4.78 is 5.78. The molecule has 1 heterocycles. The fraction of sp³-hybridized carbons (Fsp3) is 0.350. The Morgan fingerprint density at radius 3 is 2.36 bits per heavy atom. The topological polar surface area (TPSA) is 41.6 Å². The van der Waals surface area contributed by atoms with Crippen molar-refractivity contribution in [3.8, 4) is 5.75 Å². The second kappa shape index (κ2) is 8.26. The summed E-state index contributed by atoms with van der Waals surface area (Å²) in [7, 11) is 0. The van der Waals surface area contributed by atoms with E-state index in [1.54, 1.807) is 24.3 Å². The number of halogens is 1. The van der Waals surface area contributed by atoms with E-state index in [2.05, 4.69) is 22.3 Å². The van der Waals surface area contributed by atoms with Crippen LogP contribution in [0.1, 0.15) is 26.2 Å². The summed E-state index contributed by atoms with van der Waals surface area (Å²) in [5.41, 5.74) is 1.99. The number of anilines is 2. The van der Waals surface area contributed by atoms with Crippen LogP contribution in [0.5, 0.6) is 5.75 Å². The number of nitrogens with one attached hydrogen (secondary N) is 1. The van der Waals surface area contributed by atoms with Crippen molar-refractivity contribution in [2.24, 2.45) is 0 Å². The molecule has 2 aromatic rings. The Balaban J connectivity index is 1.60. The van der Waals surface area contributed by atoms with Gasteiger partial charge in [-0.2, -0.15) is 0 Å². The van der Waals surface area contributed by atoms with E-state index in [1.165, 1.54) is 18.5 Å². The minimum atomic E-state index is -0.542. The van der Waals surface area contributed by atoms with Crippen molar-refractivity contribution in [1.29, 1.82) is 0 Å². The Hall–Kier alpha value is -2.20. The van der Waals surface area contributed by atoms with Crippen LogP contribution < -0.4 is 15.0 Å². The van der Waals surface area contributed by atoms with Gasteiger partial charge in [0.1, 0.15) is 5.75 Å². The molecule has 0 spiro atoms. The summed E-state index contributed by atoms with van der Waals surface area (Å²) in [6.45, 7) is 4.15. The lowest BCUT2D eigenvalue weighted by molar-refractivity contribution is -0.122. The molecule has 1 aliphatic rings. The SMILES string of the molecule is CCC(Oc1ccc(Cl)cc1)C(=O)Nc1ccc(N2CCCC2)cc1. The molecule has 25 heavy (non-hydrogen) atoms. The van der Waals surface area contributed by atoms with Gasteiger partial charge in [0.25, 0.3) is 5.91 Å². The first-order chi connectivity index (χ1) is 12.2. The monoisotopic (exact) mass is 358 g/mol. The average Bonchev–Trinajstić information content (AvgIpc) is 3.16. The maximum absolute atomic E-state index is 12.5. The van der Waals surface area contributed by atoms with Crippen LogP contribution in [-0.2, 0) is 4.79 Å². The minimum absolute atomic E-state index is 0.147. The number of hydrogen-bond donors (Lipinski definition) is 1. The van der Waals surface area contributed by atoms with Gasteiger partial charge < -0.3 is 15.0 Å². The van der Waals surface area contributed by atoms with Gasteiger partial charge in [0, 0.05) is 29.5 Å². The lowest BCUT2D eigenvalue weighted by atomic mass is 10.2. The highest BCUT2D eigenvalue weighted by Crippen LogP contribution is 2.23. The highest BCUT2D eigenvalue weighted by molar-refractivity contribution is 6.30. The van der Waals surface area contributed by atoms with Gasteiger partial charge in [-0.15, -0.1) is 0 Å². The zero-order valence-electron chi connectivity index (χ0n) is 14.4. The van der Waals surface area contributed by atoms with E-state index in [0.717, 1.165) is 18.8 Å². The van der Waals surface area contributed by atoms with Crippen molar-refractivity contribution >= 4 is 28.9 Å². The molecule has 0 aliphatic carbocycles. The summed E-state index contributed by atoms with van der Waals surface area (Å²) in [5.74, 6) is 0.488. The Bertz CT molecular complexity index is 695. The zero-order valence-corrected chi connectivity index (χ0v) is 15.1. The van der Waals surface area contributed by atoms with Crippen LogP contribution >= 0.6 is 11.6 Å². The first kappa shape index (κ1) is 17.6. The third kappa shape index (κ3) is 4.67. The van der Waals surface area contributed by atoms with E-state index in [4.69, 9.17) is 16.3 Å². The van der Waals surface area contributed by atoms with Crippen LogP contribution in [0.4, 0.5) is 11.4 Å². The summed E-state index contributed by atoms with van der Waals surface area (Å²) >= 11 is 5.87. The lowest BCUT2D eigenvalue weighted by Crippen LogP contribution is -2.32. The predicted octanol–water partition coefficient (Wildman–Crippen LogP) is 4.74. The standard InChI is InChI=1S/C20H23ClN2O2/c1-2-19(25-18-11-5-15(21)6-12-18)20(24)22-16-7-9-17(10-8-16)23-13-3-4-14-23/h5-12,19H,2-4,13-14H2,1H3,(H,22,24). The normalized spacial score (nSPS) is 15.0. The van der Waals surface area contributed by atoms with E-state index in [0.29, 0.717) is 17.2 Å². The van der Waals surface area contributed by atoms with Crippen molar-refractivity contribution in [2.75, 3.05) is 23.3 Å². The average molecular weight is 359 g/mol. The van der Waals surface area contributed by atoms with Crippen LogP contribution in [0.3, 0.4) is 0 Å². The molecular weight excluding hydrogens is 336 g/mol. The maximum Gasteiger partial charge on any atom is 0.265 e. The summed E-state index contributed by atoms with van der Waals surface area (Å²) in [6.07, 6.45) is 2.54. The van der Waals surface area contributed by atoms with Gasteiger partial charge >= 0.3 is 0 Å². The smallest absolute Gasteiger partial charge is 0.265 e. The summed E-state index contributed by atoms with van der Waals surface area (Å²) in [5, 5.41) is 3.58. The van der Waals surface area contributed by atoms with Gasteiger partial charge in [0.15, 0.2) is 6.10 Å². The lowest BCUT2D eigenvalue weighted by Gasteiger charge is -2.19. The van der Waals surface area contributed by atoms with E-state index in [9.17, 15) is 4.79 Å². The van der Waals surface area contributed by atoms with E-state index in [-0.39, 0.29) is 5.91 Å². The number of hydrogen-bond acceptors (Lipinski definition) is 3. The number of carbonyl (C=O) groups is 1. The quantitative estimate of drug-likeness (QED) is 0.811. The molecule has 4 nitrogen and oxygen atoms in total. The highest BCUT2D eigenvalue weighted by Gasteiger charge is 2.19. The van der Waals surface area contributed by atoms with Crippen molar-refractivity contribution in [1.82, 2.24) is 0 Å². The highest BCUT2D eigenvalue weighted by atomic mass is 35.5. The molecule has 5 heteroatoms. The Labute approximate surface area is 153 Å². The molecule has 0 bridgehead atoms. The van der Waals surface area contributed by atoms with Gasteiger partial charge in [-0.05, 0) is 67.8 Å². The van der Waals surface area contributed by atoms with Crippen LogP contribution in [0.25, 0.3) is 0 Å². The Morgan fingerprint density at radius 1 is 1.12 bits per heavy atom. The number of nitrogens with zero attached hydrogens (tertiary/aromatic N) is 1. The first-order valence-corrected chi connectivity index (χ1v) is 9.11. The van der Waals surface area contributed by atoms with Crippen LogP contribution in [0.2, 0.25) is 5.02 Å². The van der Waals surface area contributed by atoms with E-state index >= 15 is 0 Å².